The number of nitrogens with one attached hydrogen (secondary N) is 2. The second-order valence-electron chi connectivity index (χ2n) is 6.43. The number of hydrogen-bond acceptors (Lipinski definition) is 5. The van der Waals surface area contributed by atoms with Crippen molar-refractivity contribution in [2.24, 2.45) is 4.99 Å². The predicted octanol–water partition coefficient (Wildman–Crippen LogP) is 4.33. The molecule has 0 aliphatic carbocycles. The summed E-state index contributed by atoms with van der Waals surface area (Å²) in [7, 11) is 0. The van der Waals surface area contributed by atoms with Gasteiger partial charge < -0.3 is 25.2 Å². The third kappa shape index (κ3) is 8.23. The molecular formula is C20H28F2IN3O3S. The van der Waals surface area contributed by atoms with Crippen LogP contribution in [0.15, 0.2) is 40.0 Å². The Morgan fingerprint density at radius 3 is 2.60 bits per heavy atom. The van der Waals surface area contributed by atoms with Gasteiger partial charge in [0.05, 0.1) is 19.7 Å². The molecule has 168 valence electrons. The van der Waals surface area contributed by atoms with Crippen LogP contribution < -0.4 is 20.1 Å². The third-order valence-corrected chi connectivity index (χ3v) is 4.71. The first-order valence-corrected chi connectivity index (χ1v) is 10.3. The van der Waals surface area contributed by atoms with Gasteiger partial charge in [0.1, 0.15) is 5.60 Å². The van der Waals surface area contributed by atoms with Crippen molar-refractivity contribution in [2.75, 3.05) is 19.7 Å². The molecule has 1 unspecified atom stereocenters. The summed E-state index contributed by atoms with van der Waals surface area (Å²) in [5.41, 5.74) is 0.575. The molecule has 0 bridgehead atoms. The van der Waals surface area contributed by atoms with E-state index in [0.29, 0.717) is 25.7 Å². The largest absolute Gasteiger partial charge is 0.490 e. The first kappa shape index (κ1) is 26.4. The fourth-order valence-corrected chi connectivity index (χ4v) is 3.34. The number of hydrogen-bond donors (Lipinski definition) is 3. The monoisotopic (exact) mass is 555 g/mol. The maximum absolute atomic E-state index is 12.5. The first-order chi connectivity index (χ1) is 13.9. The van der Waals surface area contributed by atoms with E-state index >= 15 is 0 Å². The van der Waals surface area contributed by atoms with E-state index in [-0.39, 0.29) is 42.0 Å². The number of aliphatic imine (C=N–C) groups is 1. The summed E-state index contributed by atoms with van der Waals surface area (Å²) in [5, 5.41) is 20.7. The number of rotatable bonds is 10. The lowest BCUT2D eigenvalue weighted by Crippen LogP contribution is -2.44. The van der Waals surface area contributed by atoms with E-state index in [0.717, 1.165) is 11.1 Å². The molecule has 1 atom stereocenters. The molecule has 1 aromatic heterocycles. The Bertz CT molecular complexity index is 790. The molecule has 0 saturated heterocycles. The summed E-state index contributed by atoms with van der Waals surface area (Å²) in [6, 6.07) is 6.63. The molecule has 2 rings (SSSR count). The third-order valence-electron chi connectivity index (χ3n) is 4.03. The number of guanidine groups is 1. The highest BCUT2D eigenvalue weighted by Gasteiger charge is 2.23. The van der Waals surface area contributed by atoms with E-state index in [1.807, 2.05) is 23.8 Å². The summed E-state index contributed by atoms with van der Waals surface area (Å²) in [6.45, 7) is 4.08. The smallest absolute Gasteiger partial charge is 0.387 e. The number of benzene rings is 1. The maximum atomic E-state index is 12.5. The lowest BCUT2D eigenvalue weighted by atomic mass is 9.99. The Morgan fingerprint density at radius 1 is 1.23 bits per heavy atom. The minimum Gasteiger partial charge on any atom is -0.490 e. The Kier molecular flexibility index (Phi) is 11.3. The minimum absolute atomic E-state index is 0. The minimum atomic E-state index is -2.92. The van der Waals surface area contributed by atoms with Crippen molar-refractivity contribution in [3.05, 3.63) is 46.2 Å². The van der Waals surface area contributed by atoms with Gasteiger partial charge in [-0.15, -0.1) is 24.0 Å². The van der Waals surface area contributed by atoms with Gasteiger partial charge in [-0.1, -0.05) is 6.07 Å². The molecule has 0 spiro atoms. The highest BCUT2D eigenvalue weighted by molar-refractivity contribution is 14.0. The lowest BCUT2D eigenvalue weighted by Gasteiger charge is -2.24. The van der Waals surface area contributed by atoms with Crippen LogP contribution in [-0.4, -0.2) is 37.4 Å². The van der Waals surface area contributed by atoms with Gasteiger partial charge in [-0.3, -0.25) is 0 Å². The number of ether oxygens (including phenoxy) is 2. The average molecular weight is 555 g/mol. The van der Waals surface area contributed by atoms with Crippen molar-refractivity contribution in [1.29, 1.82) is 0 Å². The average Bonchev–Trinajstić information content (AvgIpc) is 3.21. The van der Waals surface area contributed by atoms with Gasteiger partial charge in [-0.2, -0.15) is 20.1 Å². The maximum Gasteiger partial charge on any atom is 0.387 e. The van der Waals surface area contributed by atoms with Crippen LogP contribution in [0.25, 0.3) is 0 Å². The van der Waals surface area contributed by atoms with Crippen molar-refractivity contribution in [3.8, 4) is 11.5 Å². The molecule has 2 aromatic rings. The molecule has 6 nitrogen and oxygen atoms in total. The van der Waals surface area contributed by atoms with Gasteiger partial charge in [0, 0.05) is 6.54 Å². The number of aliphatic hydroxyl groups is 1. The molecule has 0 radical (unpaired) electrons. The molecule has 10 heteroatoms. The Labute approximate surface area is 196 Å². The Balaban J connectivity index is 0.00000450. The van der Waals surface area contributed by atoms with Gasteiger partial charge in [0.2, 0.25) is 0 Å². The van der Waals surface area contributed by atoms with Crippen LogP contribution in [0.1, 0.15) is 31.9 Å². The van der Waals surface area contributed by atoms with Gasteiger partial charge >= 0.3 is 6.61 Å². The lowest BCUT2D eigenvalue weighted by molar-refractivity contribution is -0.0514. The van der Waals surface area contributed by atoms with Crippen molar-refractivity contribution < 1.29 is 23.4 Å². The van der Waals surface area contributed by atoms with E-state index in [1.165, 1.54) is 17.4 Å². The van der Waals surface area contributed by atoms with Crippen LogP contribution >= 0.6 is 35.3 Å². The van der Waals surface area contributed by atoms with Gasteiger partial charge in [-0.25, -0.2) is 4.99 Å². The summed E-state index contributed by atoms with van der Waals surface area (Å²) in [6.07, 6.45) is 0. The fraction of sp³-hybridized carbons (Fsp3) is 0.450. The molecule has 0 aliphatic heterocycles. The molecule has 0 amide bonds. The molecule has 0 saturated carbocycles. The molecule has 1 aromatic carbocycles. The van der Waals surface area contributed by atoms with Crippen molar-refractivity contribution in [2.45, 2.75) is 39.5 Å². The molecule has 30 heavy (non-hydrogen) atoms. The Morgan fingerprint density at radius 2 is 2.00 bits per heavy atom. The molecule has 0 aliphatic rings. The standard InChI is InChI=1S/C20H27F2N3O3S.HI/c1-4-23-19(25-13-20(3,26)15-8-9-29-12-15)24-11-14-6-7-16(28-18(21)22)17(10-14)27-5-2;/h6-10,12,18,26H,4-5,11,13H2,1-3H3,(H2,23,24,25);1H. The van der Waals surface area contributed by atoms with Crippen LogP contribution in [0.3, 0.4) is 0 Å². The molecule has 3 N–H and O–H groups in total. The van der Waals surface area contributed by atoms with E-state index in [2.05, 4.69) is 20.4 Å². The summed E-state index contributed by atoms with van der Waals surface area (Å²) in [5.74, 6) is 0.777. The molecular weight excluding hydrogens is 527 g/mol. The quantitative estimate of drug-likeness (QED) is 0.231. The number of thiophene rings is 1. The number of halogens is 3. The molecule has 0 fully saturated rings. The van der Waals surface area contributed by atoms with Crippen molar-refractivity contribution in [3.63, 3.8) is 0 Å². The first-order valence-electron chi connectivity index (χ1n) is 9.33. The summed E-state index contributed by atoms with van der Waals surface area (Å²) >= 11 is 1.53. The van der Waals surface area contributed by atoms with Gasteiger partial charge in [0.25, 0.3) is 0 Å². The topological polar surface area (TPSA) is 75.1 Å². The zero-order chi connectivity index (χ0) is 21.3. The Hall–Kier alpha value is -1.66. The van der Waals surface area contributed by atoms with Crippen LogP contribution in [0.5, 0.6) is 11.5 Å². The van der Waals surface area contributed by atoms with E-state index < -0.39 is 12.2 Å². The summed E-state index contributed by atoms with van der Waals surface area (Å²) in [4.78, 5) is 4.50. The van der Waals surface area contributed by atoms with Crippen LogP contribution in [-0.2, 0) is 12.1 Å². The zero-order valence-electron chi connectivity index (χ0n) is 17.2. The van der Waals surface area contributed by atoms with E-state index in [4.69, 9.17) is 4.74 Å². The van der Waals surface area contributed by atoms with E-state index in [9.17, 15) is 13.9 Å². The van der Waals surface area contributed by atoms with Crippen LogP contribution in [0, 0.1) is 0 Å². The normalized spacial score (nSPS) is 13.4. The highest BCUT2D eigenvalue weighted by atomic mass is 127. The van der Waals surface area contributed by atoms with Gasteiger partial charge in [-0.05, 0) is 60.9 Å². The second kappa shape index (κ2) is 12.9. The predicted molar refractivity (Wildman–Crippen MR) is 126 cm³/mol. The van der Waals surface area contributed by atoms with E-state index in [1.54, 1.807) is 26.0 Å². The van der Waals surface area contributed by atoms with Crippen LogP contribution in [0.4, 0.5) is 8.78 Å². The fourth-order valence-electron chi connectivity index (χ4n) is 2.55. The second-order valence-corrected chi connectivity index (χ2v) is 7.21. The molecule has 1 heterocycles. The van der Waals surface area contributed by atoms with Crippen molar-refractivity contribution >= 4 is 41.3 Å². The van der Waals surface area contributed by atoms with Crippen LogP contribution in [0.2, 0.25) is 0 Å². The zero-order valence-corrected chi connectivity index (χ0v) is 20.3. The number of nitrogens with zero attached hydrogens (tertiary/aromatic N) is 1. The highest BCUT2D eigenvalue weighted by Crippen LogP contribution is 2.30. The van der Waals surface area contributed by atoms with Crippen molar-refractivity contribution in [1.82, 2.24) is 10.6 Å². The SMILES string of the molecule is CCNC(=NCc1ccc(OC(F)F)c(OCC)c1)NCC(C)(O)c1ccsc1.I. The number of alkyl halides is 2. The van der Waals surface area contributed by atoms with Gasteiger partial charge in [0.15, 0.2) is 17.5 Å². The summed E-state index contributed by atoms with van der Waals surface area (Å²) < 4.78 is 34.9.